The fourth-order valence-corrected chi connectivity index (χ4v) is 4.17. The van der Waals surface area contributed by atoms with Crippen molar-refractivity contribution in [3.63, 3.8) is 0 Å². The van der Waals surface area contributed by atoms with Gasteiger partial charge in [0.05, 0.1) is 12.7 Å². The molecule has 1 heterocycles. The van der Waals surface area contributed by atoms with Gasteiger partial charge >= 0.3 is 12.3 Å². The van der Waals surface area contributed by atoms with Gasteiger partial charge in [0.1, 0.15) is 0 Å². The number of benzene rings is 1. The first kappa shape index (κ1) is 25.5. The molecule has 174 valence electrons. The van der Waals surface area contributed by atoms with E-state index in [4.69, 9.17) is 4.74 Å². The van der Waals surface area contributed by atoms with E-state index in [1.54, 1.807) is 18.0 Å². The summed E-state index contributed by atoms with van der Waals surface area (Å²) in [5.41, 5.74) is -0.198. The molecule has 3 rings (SSSR count). The molecule has 1 aromatic carbocycles. The van der Waals surface area contributed by atoms with Crippen molar-refractivity contribution in [2.24, 2.45) is 4.99 Å². The second-order valence-corrected chi connectivity index (χ2v) is 8.01. The van der Waals surface area contributed by atoms with E-state index in [2.05, 4.69) is 15.6 Å². The van der Waals surface area contributed by atoms with Crippen LogP contribution in [-0.2, 0) is 16.3 Å². The summed E-state index contributed by atoms with van der Waals surface area (Å²) in [4.78, 5) is 17.5. The number of likely N-dealkylation sites (tertiary alicyclic amines) is 1. The molecule has 2 aliphatic rings. The zero-order valence-corrected chi connectivity index (χ0v) is 20.1. The van der Waals surface area contributed by atoms with E-state index in [0.717, 1.165) is 43.7 Å². The van der Waals surface area contributed by atoms with Crippen molar-refractivity contribution in [3.8, 4) is 0 Å². The Morgan fingerprint density at radius 2 is 1.97 bits per heavy atom. The number of nitrogens with one attached hydrogen (secondary N) is 2. The smallest absolute Gasteiger partial charge is 0.416 e. The molecule has 2 fully saturated rings. The van der Waals surface area contributed by atoms with Gasteiger partial charge in [-0.05, 0) is 37.3 Å². The fourth-order valence-electron chi connectivity index (χ4n) is 4.17. The standard InChI is InChI=1S/C21H29F3N4O2.HI/c1-25-18(27-17-7-11-28(12-8-17)19(29)30-2)26-14-20(9-4-10-20)15-5-3-6-16(13-15)21(22,23)24;/h3,5-6,13,17H,4,7-12,14H2,1-2H3,(H2,25,26,27);1H. The lowest BCUT2D eigenvalue weighted by molar-refractivity contribution is -0.137. The number of guanidine groups is 1. The molecule has 0 bridgehead atoms. The Morgan fingerprint density at radius 3 is 2.48 bits per heavy atom. The number of rotatable bonds is 4. The summed E-state index contributed by atoms with van der Waals surface area (Å²) in [6, 6.07) is 5.84. The van der Waals surface area contributed by atoms with Crippen molar-refractivity contribution in [2.45, 2.75) is 49.7 Å². The van der Waals surface area contributed by atoms with Crippen LogP contribution in [0.2, 0.25) is 0 Å². The largest absolute Gasteiger partial charge is 0.453 e. The molecule has 6 nitrogen and oxygen atoms in total. The Bertz CT molecular complexity index is 776. The highest BCUT2D eigenvalue weighted by Gasteiger charge is 2.40. The van der Waals surface area contributed by atoms with Crippen molar-refractivity contribution in [2.75, 3.05) is 33.8 Å². The van der Waals surface area contributed by atoms with Crippen LogP contribution < -0.4 is 10.6 Å². The predicted molar refractivity (Wildman–Crippen MR) is 124 cm³/mol. The van der Waals surface area contributed by atoms with E-state index < -0.39 is 11.7 Å². The first-order valence-corrected chi connectivity index (χ1v) is 10.3. The highest BCUT2D eigenvalue weighted by atomic mass is 127. The van der Waals surface area contributed by atoms with Gasteiger partial charge in [-0.1, -0.05) is 24.6 Å². The van der Waals surface area contributed by atoms with E-state index in [0.29, 0.717) is 25.6 Å². The molecule has 0 unspecified atom stereocenters. The molecule has 31 heavy (non-hydrogen) atoms. The minimum Gasteiger partial charge on any atom is -0.453 e. The predicted octanol–water partition coefficient (Wildman–Crippen LogP) is 4.14. The number of aliphatic imine (C=N–C) groups is 1. The minimum absolute atomic E-state index is 0. The van der Waals surface area contributed by atoms with Gasteiger partial charge in [0.15, 0.2) is 5.96 Å². The summed E-state index contributed by atoms with van der Waals surface area (Å²) in [5, 5.41) is 6.68. The third-order valence-electron chi connectivity index (χ3n) is 6.20. The van der Waals surface area contributed by atoms with Crippen LogP contribution in [0.3, 0.4) is 0 Å². The third-order valence-corrected chi connectivity index (χ3v) is 6.20. The zero-order chi connectivity index (χ0) is 21.8. The number of hydrogen-bond acceptors (Lipinski definition) is 3. The molecule has 10 heteroatoms. The second-order valence-electron chi connectivity index (χ2n) is 8.01. The third kappa shape index (κ3) is 6.17. The van der Waals surface area contributed by atoms with Crippen LogP contribution in [0.15, 0.2) is 29.3 Å². The number of hydrogen-bond donors (Lipinski definition) is 2. The first-order valence-electron chi connectivity index (χ1n) is 10.3. The van der Waals surface area contributed by atoms with Gasteiger partial charge < -0.3 is 20.3 Å². The number of carbonyl (C=O) groups is 1. The van der Waals surface area contributed by atoms with Crippen LogP contribution in [-0.4, -0.2) is 56.8 Å². The lowest BCUT2D eigenvalue weighted by Crippen LogP contribution is -2.53. The van der Waals surface area contributed by atoms with Gasteiger partial charge in [-0.15, -0.1) is 24.0 Å². The van der Waals surface area contributed by atoms with Crippen molar-refractivity contribution in [1.82, 2.24) is 15.5 Å². The van der Waals surface area contributed by atoms with Crippen molar-refractivity contribution < 1.29 is 22.7 Å². The average Bonchev–Trinajstić information content (AvgIpc) is 2.71. The van der Waals surface area contributed by atoms with E-state index in [-0.39, 0.29) is 41.5 Å². The van der Waals surface area contributed by atoms with Gasteiger partial charge in [0.2, 0.25) is 0 Å². The fraction of sp³-hybridized carbons (Fsp3) is 0.619. The molecule has 1 saturated carbocycles. The van der Waals surface area contributed by atoms with Crippen molar-refractivity contribution in [1.29, 1.82) is 0 Å². The van der Waals surface area contributed by atoms with Crippen molar-refractivity contribution >= 4 is 36.0 Å². The topological polar surface area (TPSA) is 66.0 Å². The quantitative estimate of drug-likeness (QED) is 0.334. The first-order chi connectivity index (χ1) is 14.3. The lowest BCUT2D eigenvalue weighted by Gasteiger charge is -2.43. The number of piperidine rings is 1. The van der Waals surface area contributed by atoms with Gasteiger partial charge in [0, 0.05) is 38.1 Å². The van der Waals surface area contributed by atoms with Crippen LogP contribution in [0, 0.1) is 0 Å². The summed E-state index contributed by atoms with van der Waals surface area (Å²) in [6.45, 7) is 1.74. The monoisotopic (exact) mass is 554 g/mol. The number of carbonyl (C=O) groups excluding carboxylic acids is 1. The van der Waals surface area contributed by atoms with Gasteiger partial charge in [-0.25, -0.2) is 4.79 Å². The molecule has 1 aromatic rings. The van der Waals surface area contributed by atoms with E-state index >= 15 is 0 Å². The van der Waals surface area contributed by atoms with Gasteiger partial charge in [-0.3, -0.25) is 4.99 Å². The summed E-state index contributed by atoms with van der Waals surface area (Å²) >= 11 is 0. The summed E-state index contributed by atoms with van der Waals surface area (Å²) < 4.78 is 44.1. The Morgan fingerprint density at radius 1 is 1.29 bits per heavy atom. The second kappa shape index (κ2) is 10.7. The Kier molecular flexibility index (Phi) is 8.84. The number of ether oxygens (including phenoxy) is 1. The number of amides is 1. The Balaban J connectivity index is 0.00000341. The maximum absolute atomic E-state index is 13.1. The van der Waals surface area contributed by atoms with Crippen LogP contribution >= 0.6 is 24.0 Å². The molecule has 2 N–H and O–H groups in total. The molecular weight excluding hydrogens is 524 g/mol. The highest BCUT2D eigenvalue weighted by Crippen LogP contribution is 2.44. The maximum Gasteiger partial charge on any atom is 0.416 e. The van der Waals surface area contributed by atoms with E-state index in [1.165, 1.54) is 19.2 Å². The van der Waals surface area contributed by atoms with Gasteiger partial charge in [0.25, 0.3) is 0 Å². The van der Waals surface area contributed by atoms with Crippen LogP contribution in [0.4, 0.5) is 18.0 Å². The zero-order valence-electron chi connectivity index (χ0n) is 17.8. The SMILES string of the molecule is CN=C(NCC1(c2cccc(C(F)(F)F)c2)CCC1)NC1CCN(C(=O)OC)CC1.I. The number of nitrogens with zero attached hydrogens (tertiary/aromatic N) is 2. The highest BCUT2D eigenvalue weighted by molar-refractivity contribution is 14.0. The lowest BCUT2D eigenvalue weighted by atomic mass is 9.64. The summed E-state index contributed by atoms with van der Waals surface area (Å²) in [6.07, 6.45) is -0.431. The molecule has 1 saturated heterocycles. The van der Waals surface area contributed by atoms with Gasteiger partial charge in [-0.2, -0.15) is 13.2 Å². The number of alkyl halides is 3. The summed E-state index contributed by atoms with van der Waals surface area (Å²) in [7, 11) is 3.05. The van der Waals surface area contributed by atoms with Crippen molar-refractivity contribution in [3.05, 3.63) is 35.4 Å². The van der Waals surface area contributed by atoms with Crippen LogP contribution in [0.25, 0.3) is 0 Å². The average molecular weight is 554 g/mol. The van der Waals surface area contributed by atoms with E-state index in [1.807, 2.05) is 0 Å². The normalized spacial score (nSPS) is 19.1. The molecule has 1 aliphatic heterocycles. The molecule has 0 atom stereocenters. The molecule has 1 aliphatic carbocycles. The molecular formula is C21H30F3IN4O2. The van der Waals surface area contributed by atoms with Crippen LogP contribution in [0.5, 0.6) is 0 Å². The molecule has 0 radical (unpaired) electrons. The molecule has 0 aromatic heterocycles. The molecule has 1 amide bonds. The van der Waals surface area contributed by atoms with Crippen LogP contribution in [0.1, 0.15) is 43.2 Å². The summed E-state index contributed by atoms with van der Waals surface area (Å²) in [5.74, 6) is 0.629. The maximum atomic E-state index is 13.1. The number of halogens is 4. The molecule has 0 spiro atoms. The Labute approximate surface area is 198 Å². The van der Waals surface area contributed by atoms with E-state index in [9.17, 15) is 18.0 Å². The Hall–Kier alpha value is -1.72. The minimum atomic E-state index is -4.34. The number of methoxy groups -OCH3 is 1.